The van der Waals surface area contributed by atoms with Gasteiger partial charge in [0, 0.05) is 0 Å². The average molecular weight is 247 g/mol. The van der Waals surface area contributed by atoms with Crippen LogP contribution in [0, 0.1) is 23.1 Å². The number of allylic oxidation sites excluding steroid dienone is 1. The normalized spacial score (nSPS) is 24.1. The lowest BCUT2D eigenvalue weighted by Gasteiger charge is -2.26. The molecule has 1 aromatic carbocycles. The number of nitriles is 1. The van der Waals surface area contributed by atoms with Gasteiger partial charge in [0.25, 0.3) is 0 Å². The number of rotatable bonds is 2. The molecule has 0 heterocycles. The molecule has 94 valence electrons. The van der Waals surface area contributed by atoms with E-state index >= 15 is 0 Å². The molecule has 18 heavy (non-hydrogen) atoms. The summed E-state index contributed by atoms with van der Waals surface area (Å²) in [6.07, 6.45) is 5.99. The summed E-state index contributed by atoms with van der Waals surface area (Å²) in [6, 6.07) is 6.66. The van der Waals surface area contributed by atoms with E-state index in [-0.39, 0.29) is 5.56 Å². The molecule has 2 rings (SSSR count). The first kappa shape index (κ1) is 12.8. The summed E-state index contributed by atoms with van der Waals surface area (Å²) in [4.78, 5) is 0. The zero-order chi connectivity index (χ0) is 13.0. The van der Waals surface area contributed by atoms with Crippen LogP contribution in [-0.4, -0.2) is 0 Å². The minimum atomic E-state index is -0.444. The quantitative estimate of drug-likeness (QED) is 0.757. The van der Waals surface area contributed by atoms with Gasteiger partial charge in [0.1, 0.15) is 11.9 Å². The molecule has 0 atom stereocenters. The van der Waals surface area contributed by atoms with Gasteiger partial charge < -0.3 is 0 Å². The molecule has 0 N–H and O–H groups in total. The summed E-state index contributed by atoms with van der Waals surface area (Å²) < 4.78 is 25.6. The fraction of sp³-hybridized carbons (Fsp3) is 0.400. The SMILES string of the molecule is N#Cc1ccc(C2CCC(/C=C/F)CC2)cc1F. The van der Waals surface area contributed by atoms with Crippen molar-refractivity contribution in [2.24, 2.45) is 5.92 Å². The Morgan fingerprint density at radius 3 is 2.50 bits per heavy atom. The van der Waals surface area contributed by atoms with E-state index in [0.717, 1.165) is 31.2 Å². The highest BCUT2D eigenvalue weighted by atomic mass is 19.1. The first-order valence-corrected chi connectivity index (χ1v) is 6.21. The lowest BCUT2D eigenvalue weighted by Crippen LogP contribution is -2.12. The number of hydrogen-bond donors (Lipinski definition) is 0. The molecule has 0 amide bonds. The molecular formula is C15H15F2N. The molecule has 3 heteroatoms. The minimum absolute atomic E-state index is 0.0906. The van der Waals surface area contributed by atoms with Gasteiger partial charge in [-0.2, -0.15) is 5.26 Å². The van der Waals surface area contributed by atoms with E-state index in [2.05, 4.69) is 0 Å². The monoisotopic (exact) mass is 247 g/mol. The Kier molecular flexibility index (Phi) is 4.09. The van der Waals surface area contributed by atoms with Crippen LogP contribution in [0.25, 0.3) is 0 Å². The van der Waals surface area contributed by atoms with Gasteiger partial charge >= 0.3 is 0 Å². The third-order valence-corrected chi connectivity index (χ3v) is 3.70. The predicted octanol–water partition coefficient (Wildman–Crippen LogP) is 4.45. The molecule has 0 bridgehead atoms. The van der Waals surface area contributed by atoms with Crippen molar-refractivity contribution < 1.29 is 8.78 Å². The Bertz CT molecular complexity index is 480. The van der Waals surface area contributed by atoms with Crippen LogP contribution in [0.3, 0.4) is 0 Å². The van der Waals surface area contributed by atoms with Crippen molar-refractivity contribution in [2.45, 2.75) is 31.6 Å². The lowest BCUT2D eigenvalue weighted by atomic mass is 9.78. The Balaban J connectivity index is 2.06. The van der Waals surface area contributed by atoms with Gasteiger partial charge in [-0.25, -0.2) is 8.78 Å². The summed E-state index contributed by atoms with van der Waals surface area (Å²) in [7, 11) is 0. The topological polar surface area (TPSA) is 23.8 Å². The summed E-state index contributed by atoms with van der Waals surface area (Å²) in [5.41, 5.74) is 1.04. The average Bonchev–Trinajstić information content (AvgIpc) is 2.40. The molecule has 1 aliphatic rings. The van der Waals surface area contributed by atoms with Crippen molar-refractivity contribution in [1.29, 1.82) is 5.26 Å². The van der Waals surface area contributed by atoms with Gasteiger partial charge in [0.2, 0.25) is 0 Å². The second-order valence-corrected chi connectivity index (χ2v) is 4.78. The summed E-state index contributed by atoms with van der Waals surface area (Å²) in [5, 5.41) is 8.68. The highest BCUT2D eigenvalue weighted by molar-refractivity contribution is 5.34. The first-order chi connectivity index (χ1) is 8.74. The molecule has 1 saturated carbocycles. The summed E-state index contributed by atoms with van der Waals surface area (Å²) in [6.45, 7) is 0. The second-order valence-electron chi connectivity index (χ2n) is 4.78. The molecule has 0 unspecified atom stereocenters. The molecule has 0 saturated heterocycles. The highest BCUT2D eigenvalue weighted by Gasteiger charge is 2.21. The van der Waals surface area contributed by atoms with Crippen molar-refractivity contribution in [3.05, 3.63) is 47.5 Å². The molecule has 0 aliphatic heterocycles. The number of benzene rings is 1. The van der Waals surface area contributed by atoms with Gasteiger partial charge in [-0.15, -0.1) is 0 Å². The number of hydrogen-bond acceptors (Lipinski definition) is 1. The van der Waals surface area contributed by atoms with Crippen molar-refractivity contribution >= 4 is 0 Å². The van der Waals surface area contributed by atoms with E-state index in [4.69, 9.17) is 5.26 Å². The fourth-order valence-corrected chi connectivity index (χ4v) is 2.62. The highest BCUT2D eigenvalue weighted by Crippen LogP contribution is 2.36. The van der Waals surface area contributed by atoms with Crippen molar-refractivity contribution in [2.75, 3.05) is 0 Å². The van der Waals surface area contributed by atoms with Crippen LogP contribution in [0.2, 0.25) is 0 Å². The molecule has 1 nitrogen and oxygen atoms in total. The molecule has 1 aromatic rings. The Morgan fingerprint density at radius 2 is 1.94 bits per heavy atom. The van der Waals surface area contributed by atoms with Crippen LogP contribution < -0.4 is 0 Å². The van der Waals surface area contributed by atoms with Crippen LogP contribution in [0.5, 0.6) is 0 Å². The van der Waals surface area contributed by atoms with E-state index in [0.29, 0.717) is 18.2 Å². The third-order valence-electron chi connectivity index (χ3n) is 3.70. The van der Waals surface area contributed by atoms with Gasteiger partial charge in [-0.3, -0.25) is 0 Å². The molecule has 0 aromatic heterocycles. The minimum Gasteiger partial charge on any atom is -0.216 e. The molecular weight excluding hydrogens is 232 g/mol. The first-order valence-electron chi connectivity index (χ1n) is 6.21. The lowest BCUT2D eigenvalue weighted by molar-refractivity contribution is 0.372. The van der Waals surface area contributed by atoms with E-state index in [9.17, 15) is 8.78 Å². The van der Waals surface area contributed by atoms with E-state index in [1.54, 1.807) is 6.08 Å². The van der Waals surface area contributed by atoms with Gasteiger partial charge in [-0.05, 0) is 55.2 Å². The van der Waals surface area contributed by atoms with E-state index in [1.165, 1.54) is 12.1 Å². The van der Waals surface area contributed by atoms with Crippen molar-refractivity contribution in [3.63, 3.8) is 0 Å². The number of nitrogens with zero attached hydrogens (tertiary/aromatic N) is 1. The van der Waals surface area contributed by atoms with Crippen LogP contribution in [-0.2, 0) is 0 Å². The van der Waals surface area contributed by atoms with Crippen molar-refractivity contribution in [3.8, 4) is 6.07 Å². The largest absolute Gasteiger partial charge is 0.216 e. The third kappa shape index (κ3) is 2.76. The zero-order valence-corrected chi connectivity index (χ0v) is 10.1. The Morgan fingerprint density at radius 1 is 1.22 bits per heavy atom. The summed E-state index contributed by atoms with van der Waals surface area (Å²) in [5.74, 6) is 0.201. The number of halogens is 2. The van der Waals surface area contributed by atoms with Crippen LogP contribution in [0.1, 0.15) is 42.7 Å². The predicted molar refractivity (Wildman–Crippen MR) is 66.1 cm³/mol. The van der Waals surface area contributed by atoms with Gasteiger partial charge in [-0.1, -0.05) is 12.1 Å². The van der Waals surface area contributed by atoms with Crippen LogP contribution >= 0.6 is 0 Å². The Hall–Kier alpha value is -1.69. The van der Waals surface area contributed by atoms with Gasteiger partial charge in [0.05, 0.1) is 11.9 Å². The van der Waals surface area contributed by atoms with Crippen LogP contribution in [0.15, 0.2) is 30.6 Å². The van der Waals surface area contributed by atoms with E-state index in [1.807, 2.05) is 12.1 Å². The maximum Gasteiger partial charge on any atom is 0.141 e. The standard InChI is InChI=1S/C15H15F2N/c16-8-7-11-1-3-12(4-2-11)13-5-6-14(10-18)15(17)9-13/h5-9,11-12H,1-4H2/b8-7+. The molecule has 1 fully saturated rings. The molecule has 0 spiro atoms. The summed E-state index contributed by atoms with van der Waals surface area (Å²) >= 11 is 0. The van der Waals surface area contributed by atoms with Gasteiger partial charge in [0.15, 0.2) is 0 Å². The smallest absolute Gasteiger partial charge is 0.141 e. The van der Waals surface area contributed by atoms with Crippen molar-refractivity contribution in [1.82, 2.24) is 0 Å². The fourth-order valence-electron chi connectivity index (χ4n) is 2.62. The molecule has 0 radical (unpaired) electrons. The maximum absolute atomic E-state index is 13.5. The molecule has 1 aliphatic carbocycles. The van der Waals surface area contributed by atoms with E-state index < -0.39 is 5.82 Å². The van der Waals surface area contributed by atoms with Crippen LogP contribution in [0.4, 0.5) is 8.78 Å². The maximum atomic E-state index is 13.5. The zero-order valence-electron chi connectivity index (χ0n) is 10.1. The Labute approximate surface area is 106 Å². The second kappa shape index (κ2) is 5.77.